The van der Waals surface area contributed by atoms with Crippen molar-refractivity contribution in [2.75, 3.05) is 5.32 Å². The van der Waals surface area contributed by atoms with Gasteiger partial charge in [0.2, 0.25) is 0 Å². The highest BCUT2D eigenvalue weighted by Crippen LogP contribution is 2.23. The zero-order valence-corrected chi connectivity index (χ0v) is 10.6. The van der Waals surface area contributed by atoms with E-state index in [0.717, 1.165) is 0 Å². The maximum absolute atomic E-state index is 11.5. The highest BCUT2D eigenvalue weighted by molar-refractivity contribution is 6.32. The number of nitrogens with one attached hydrogen (secondary N) is 1. The van der Waals surface area contributed by atoms with Gasteiger partial charge >= 0.3 is 6.09 Å². The van der Waals surface area contributed by atoms with Crippen LogP contribution in [0.25, 0.3) is 0 Å². The second-order valence-electron chi connectivity index (χ2n) is 4.40. The molecule has 90 valence electrons. The van der Waals surface area contributed by atoms with E-state index >= 15 is 0 Å². The molecule has 0 aromatic heterocycles. The molecular formula is C12H13ClN2O2. The predicted molar refractivity (Wildman–Crippen MR) is 66.0 cm³/mol. The van der Waals surface area contributed by atoms with Crippen LogP contribution in [0.2, 0.25) is 5.02 Å². The molecule has 0 spiro atoms. The van der Waals surface area contributed by atoms with Crippen molar-refractivity contribution in [3.8, 4) is 6.07 Å². The minimum atomic E-state index is -0.615. The standard InChI is InChI=1S/C12H13ClN2O2/c1-12(2,3)17-11(16)15-10-6-4-5-9(13)8(10)7-14/h4-6H,1-3H3,(H,15,16). The summed E-state index contributed by atoms with van der Waals surface area (Å²) in [4.78, 5) is 11.5. The molecule has 1 amide bonds. The van der Waals surface area contributed by atoms with Crippen molar-refractivity contribution in [1.29, 1.82) is 5.26 Å². The summed E-state index contributed by atoms with van der Waals surface area (Å²) < 4.78 is 5.08. The van der Waals surface area contributed by atoms with Gasteiger partial charge in [-0.2, -0.15) is 5.26 Å². The Morgan fingerprint density at radius 2 is 2.12 bits per heavy atom. The largest absolute Gasteiger partial charge is 0.444 e. The molecule has 0 saturated heterocycles. The molecule has 17 heavy (non-hydrogen) atoms. The monoisotopic (exact) mass is 252 g/mol. The number of hydrogen-bond donors (Lipinski definition) is 1. The van der Waals surface area contributed by atoms with Gasteiger partial charge in [-0.15, -0.1) is 0 Å². The number of rotatable bonds is 1. The number of carbonyl (C=O) groups is 1. The number of benzene rings is 1. The van der Waals surface area contributed by atoms with E-state index in [-0.39, 0.29) is 5.56 Å². The number of carbonyl (C=O) groups excluding carboxylic acids is 1. The topological polar surface area (TPSA) is 62.1 Å². The van der Waals surface area contributed by atoms with Crippen LogP contribution in [-0.4, -0.2) is 11.7 Å². The van der Waals surface area contributed by atoms with E-state index in [2.05, 4.69) is 5.32 Å². The van der Waals surface area contributed by atoms with Gasteiger partial charge in [-0.05, 0) is 32.9 Å². The maximum Gasteiger partial charge on any atom is 0.412 e. The van der Waals surface area contributed by atoms with Gasteiger partial charge < -0.3 is 4.74 Å². The fourth-order valence-electron chi connectivity index (χ4n) is 1.16. The number of anilines is 1. The molecule has 1 aromatic carbocycles. The number of ether oxygens (including phenoxy) is 1. The minimum Gasteiger partial charge on any atom is -0.444 e. The first-order valence-corrected chi connectivity index (χ1v) is 5.40. The molecule has 1 aromatic rings. The number of hydrogen-bond acceptors (Lipinski definition) is 3. The third kappa shape index (κ3) is 3.97. The van der Waals surface area contributed by atoms with Gasteiger partial charge in [-0.1, -0.05) is 17.7 Å². The average Bonchev–Trinajstić information content (AvgIpc) is 2.14. The van der Waals surface area contributed by atoms with Gasteiger partial charge in [0, 0.05) is 0 Å². The Morgan fingerprint density at radius 3 is 2.65 bits per heavy atom. The Labute approximate surface area is 105 Å². The van der Waals surface area contributed by atoms with Gasteiger partial charge in [0.05, 0.1) is 16.3 Å². The zero-order valence-electron chi connectivity index (χ0n) is 9.87. The van der Waals surface area contributed by atoms with E-state index in [1.54, 1.807) is 39.0 Å². The Bertz CT molecular complexity index is 472. The molecule has 5 heteroatoms. The summed E-state index contributed by atoms with van der Waals surface area (Å²) in [5.41, 5.74) is -0.0237. The Hall–Kier alpha value is -1.73. The van der Waals surface area contributed by atoms with Crippen LogP contribution in [-0.2, 0) is 4.74 Å². The van der Waals surface area contributed by atoms with Gasteiger partial charge in [-0.3, -0.25) is 5.32 Å². The van der Waals surface area contributed by atoms with E-state index in [4.69, 9.17) is 21.6 Å². The second kappa shape index (κ2) is 5.07. The molecule has 0 atom stereocenters. The number of halogens is 1. The molecule has 0 radical (unpaired) electrons. The fourth-order valence-corrected chi connectivity index (χ4v) is 1.37. The van der Waals surface area contributed by atoms with E-state index in [0.29, 0.717) is 10.7 Å². The summed E-state index contributed by atoms with van der Waals surface area (Å²) in [7, 11) is 0. The molecular weight excluding hydrogens is 240 g/mol. The van der Waals surface area contributed by atoms with E-state index in [1.807, 2.05) is 6.07 Å². The third-order valence-electron chi connectivity index (χ3n) is 1.76. The molecule has 1 rings (SSSR count). The van der Waals surface area contributed by atoms with Crippen molar-refractivity contribution < 1.29 is 9.53 Å². The van der Waals surface area contributed by atoms with Crippen LogP contribution in [0, 0.1) is 11.3 Å². The van der Waals surface area contributed by atoms with Crippen LogP contribution in [0.5, 0.6) is 0 Å². The molecule has 1 N–H and O–H groups in total. The molecule has 0 bridgehead atoms. The van der Waals surface area contributed by atoms with Crippen molar-refractivity contribution in [1.82, 2.24) is 0 Å². The lowest BCUT2D eigenvalue weighted by Crippen LogP contribution is -2.27. The van der Waals surface area contributed by atoms with Crippen molar-refractivity contribution in [2.45, 2.75) is 26.4 Å². The number of nitriles is 1. The Morgan fingerprint density at radius 1 is 1.47 bits per heavy atom. The second-order valence-corrected chi connectivity index (χ2v) is 4.81. The van der Waals surface area contributed by atoms with Crippen molar-refractivity contribution in [2.24, 2.45) is 0 Å². The van der Waals surface area contributed by atoms with Crippen molar-refractivity contribution >= 4 is 23.4 Å². The van der Waals surface area contributed by atoms with Crippen LogP contribution in [0.4, 0.5) is 10.5 Å². The minimum absolute atomic E-state index is 0.222. The van der Waals surface area contributed by atoms with Crippen molar-refractivity contribution in [3.05, 3.63) is 28.8 Å². The summed E-state index contributed by atoms with van der Waals surface area (Å²) in [5, 5.41) is 11.7. The normalized spacial score (nSPS) is 10.5. The lowest BCUT2D eigenvalue weighted by molar-refractivity contribution is 0.0636. The molecule has 0 aliphatic heterocycles. The van der Waals surface area contributed by atoms with Crippen LogP contribution in [0.1, 0.15) is 26.3 Å². The predicted octanol–water partition coefficient (Wildman–Crippen LogP) is 3.56. The molecule has 4 nitrogen and oxygen atoms in total. The Kier molecular flexibility index (Phi) is 3.97. The maximum atomic E-state index is 11.5. The number of amides is 1. The van der Waals surface area contributed by atoms with E-state index in [1.165, 1.54) is 0 Å². The first-order chi connectivity index (χ1) is 7.83. The van der Waals surface area contributed by atoms with Gasteiger partial charge in [0.25, 0.3) is 0 Å². The van der Waals surface area contributed by atoms with E-state index in [9.17, 15) is 4.79 Å². The zero-order chi connectivity index (χ0) is 13.1. The lowest BCUT2D eigenvalue weighted by atomic mass is 10.2. The smallest absolute Gasteiger partial charge is 0.412 e. The summed E-state index contributed by atoms with van der Waals surface area (Å²) in [6.07, 6.45) is -0.615. The quantitative estimate of drug-likeness (QED) is 0.831. The molecule has 0 fully saturated rings. The van der Waals surface area contributed by atoms with E-state index < -0.39 is 11.7 Å². The Balaban J connectivity index is 2.87. The summed E-state index contributed by atoms with van der Waals surface area (Å²) in [5.74, 6) is 0. The summed E-state index contributed by atoms with van der Waals surface area (Å²) in [6, 6.07) is 6.75. The highest BCUT2D eigenvalue weighted by Gasteiger charge is 2.17. The third-order valence-corrected chi connectivity index (χ3v) is 2.08. The SMILES string of the molecule is CC(C)(C)OC(=O)Nc1cccc(Cl)c1C#N. The lowest BCUT2D eigenvalue weighted by Gasteiger charge is -2.20. The summed E-state index contributed by atoms with van der Waals surface area (Å²) in [6.45, 7) is 5.28. The fraction of sp³-hybridized carbons (Fsp3) is 0.333. The molecule has 0 heterocycles. The van der Waals surface area contributed by atoms with Crippen LogP contribution < -0.4 is 5.32 Å². The molecule has 0 saturated carbocycles. The molecule has 0 aliphatic carbocycles. The highest BCUT2D eigenvalue weighted by atomic mass is 35.5. The number of nitrogens with zero attached hydrogens (tertiary/aromatic N) is 1. The van der Waals surface area contributed by atoms with Crippen LogP contribution >= 0.6 is 11.6 Å². The van der Waals surface area contributed by atoms with Gasteiger partial charge in [0.15, 0.2) is 0 Å². The van der Waals surface area contributed by atoms with Crippen LogP contribution in [0.3, 0.4) is 0 Å². The summed E-state index contributed by atoms with van der Waals surface area (Å²) >= 11 is 5.83. The first kappa shape index (κ1) is 13.3. The van der Waals surface area contributed by atoms with Gasteiger partial charge in [0.1, 0.15) is 11.7 Å². The first-order valence-electron chi connectivity index (χ1n) is 5.02. The van der Waals surface area contributed by atoms with Crippen molar-refractivity contribution in [3.63, 3.8) is 0 Å². The average molecular weight is 253 g/mol. The molecule has 0 unspecified atom stereocenters. The molecule has 0 aliphatic rings. The van der Waals surface area contributed by atoms with Gasteiger partial charge in [-0.25, -0.2) is 4.79 Å². The van der Waals surface area contributed by atoms with Crippen LogP contribution in [0.15, 0.2) is 18.2 Å².